The zero-order valence-electron chi connectivity index (χ0n) is 21.9. The summed E-state index contributed by atoms with van der Waals surface area (Å²) < 4.78 is 5.50. The molecule has 2 aromatic carbocycles. The maximum absolute atomic E-state index is 13.5. The van der Waals surface area contributed by atoms with Crippen molar-refractivity contribution < 1.29 is 14.3 Å². The number of aryl methyl sites for hydroxylation is 1. The molecule has 7 heteroatoms. The van der Waals surface area contributed by atoms with Crippen LogP contribution in [0.25, 0.3) is 11.6 Å². The predicted octanol–water partition coefficient (Wildman–Crippen LogP) is 5.64. The first-order valence-electron chi connectivity index (χ1n) is 12.2. The van der Waals surface area contributed by atoms with Crippen molar-refractivity contribution in [3.05, 3.63) is 64.7 Å². The molecule has 2 aliphatic heterocycles. The zero-order chi connectivity index (χ0) is 26.4. The maximum Gasteiger partial charge on any atom is 0.270 e. The van der Waals surface area contributed by atoms with Crippen LogP contribution in [0.4, 0.5) is 11.4 Å². The number of rotatable bonds is 5. The average Bonchev–Trinajstić information content (AvgIpc) is 2.77. The van der Waals surface area contributed by atoms with Crippen LogP contribution in [-0.2, 0) is 9.59 Å². The van der Waals surface area contributed by atoms with Gasteiger partial charge in [-0.05, 0) is 120 Å². The van der Waals surface area contributed by atoms with Crippen LogP contribution in [0.3, 0.4) is 0 Å². The molecule has 1 saturated heterocycles. The second kappa shape index (κ2) is 9.54. The fraction of sp³-hybridized carbons (Fsp3) is 0.345. The van der Waals surface area contributed by atoms with Gasteiger partial charge in [-0.3, -0.25) is 19.8 Å². The van der Waals surface area contributed by atoms with E-state index in [0.717, 1.165) is 22.4 Å². The highest BCUT2D eigenvalue weighted by atomic mass is 32.1. The fourth-order valence-corrected chi connectivity index (χ4v) is 5.50. The van der Waals surface area contributed by atoms with Crippen LogP contribution in [0.1, 0.15) is 58.2 Å². The minimum absolute atomic E-state index is 0.0408. The van der Waals surface area contributed by atoms with Gasteiger partial charge in [0.05, 0.1) is 17.8 Å². The minimum Gasteiger partial charge on any atom is -0.494 e. The summed E-state index contributed by atoms with van der Waals surface area (Å²) in [7, 11) is 0. The Bertz CT molecular complexity index is 1310. The number of hydrogen-bond acceptors (Lipinski definition) is 5. The molecule has 4 rings (SSSR count). The number of thiocarbonyl (C=S) groups is 1. The highest BCUT2D eigenvalue weighted by molar-refractivity contribution is 7.80. The van der Waals surface area contributed by atoms with Gasteiger partial charge >= 0.3 is 0 Å². The number of nitrogens with one attached hydrogen (secondary N) is 1. The average molecular weight is 504 g/mol. The zero-order valence-corrected chi connectivity index (χ0v) is 22.7. The molecule has 0 spiro atoms. The highest BCUT2D eigenvalue weighted by Gasteiger charge is 2.36. The van der Waals surface area contributed by atoms with Gasteiger partial charge in [-0.25, -0.2) is 0 Å². The van der Waals surface area contributed by atoms with Crippen molar-refractivity contribution in [2.45, 2.75) is 60.0 Å². The van der Waals surface area contributed by atoms with Crippen molar-refractivity contribution in [3.63, 3.8) is 0 Å². The molecule has 0 radical (unpaired) electrons. The van der Waals surface area contributed by atoms with Gasteiger partial charge in [0.25, 0.3) is 11.8 Å². The van der Waals surface area contributed by atoms with Gasteiger partial charge < -0.3 is 9.64 Å². The van der Waals surface area contributed by atoms with Crippen molar-refractivity contribution in [3.8, 4) is 5.75 Å². The third-order valence-electron chi connectivity index (χ3n) is 6.58. The summed E-state index contributed by atoms with van der Waals surface area (Å²) >= 11 is 5.35. The summed E-state index contributed by atoms with van der Waals surface area (Å²) in [6.45, 7) is 15.4. The summed E-state index contributed by atoms with van der Waals surface area (Å²) in [4.78, 5) is 30.1. The van der Waals surface area contributed by atoms with E-state index in [9.17, 15) is 9.59 Å². The standard InChI is InChI=1S/C29H33N3O3S/c1-8-35-22-11-9-21(10-12-22)31-27(34)24(26(33)30-28(31)36)15-20-14-23-19(5)16-29(6,7)32(17(2)3)25(23)13-18(20)4/h9-17H,8H2,1-7H3,(H,30,33,36)/b24-15+. The molecule has 2 amide bonds. The van der Waals surface area contributed by atoms with E-state index < -0.39 is 11.8 Å². The van der Waals surface area contributed by atoms with Crippen LogP contribution in [0.5, 0.6) is 5.75 Å². The Balaban J connectivity index is 1.76. The molecule has 2 aromatic rings. The van der Waals surface area contributed by atoms with Gasteiger partial charge in [0, 0.05) is 17.3 Å². The molecule has 0 aliphatic carbocycles. The molecule has 188 valence electrons. The Labute approximate surface area is 218 Å². The number of fused-ring (bicyclic) bond motifs is 1. The normalized spacial score (nSPS) is 18.4. The van der Waals surface area contributed by atoms with E-state index in [-0.39, 0.29) is 16.2 Å². The molecule has 0 bridgehead atoms. The number of benzene rings is 2. The Morgan fingerprint density at radius 3 is 2.39 bits per heavy atom. The molecular formula is C29H33N3O3S. The van der Waals surface area contributed by atoms with Gasteiger partial charge in [-0.2, -0.15) is 0 Å². The lowest BCUT2D eigenvalue weighted by molar-refractivity contribution is -0.122. The number of ether oxygens (including phenoxy) is 1. The number of amides is 2. The molecule has 0 atom stereocenters. The summed E-state index contributed by atoms with van der Waals surface area (Å²) in [6.07, 6.45) is 3.94. The molecule has 1 fully saturated rings. The van der Waals surface area contributed by atoms with Crippen LogP contribution >= 0.6 is 12.2 Å². The van der Waals surface area contributed by atoms with Crippen molar-refractivity contribution in [2.24, 2.45) is 0 Å². The Kier molecular flexibility index (Phi) is 6.80. The lowest BCUT2D eigenvalue weighted by atomic mass is 9.85. The summed E-state index contributed by atoms with van der Waals surface area (Å²) in [5.74, 6) is -0.257. The van der Waals surface area contributed by atoms with Gasteiger partial charge in [0.15, 0.2) is 5.11 Å². The van der Waals surface area contributed by atoms with E-state index in [0.29, 0.717) is 24.1 Å². The first-order chi connectivity index (χ1) is 16.9. The predicted molar refractivity (Wildman–Crippen MR) is 150 cm³/mol. The molecule has 2 aliphatic rings. The fourth-order valence-electron chi connectivity index (χ4n) is 5.22. The second-order valence-corrected chi connectivity index (χ2v) is 10.4. The number of carbonyl (C=O) groups is 2. The van der Waals surface area contributed by atoms with Crippen molar-refractivity contribution >= 4 is 52.2 Å². The first-order valence-corrected chi connectivity index (χ1v) is 12.6. The Morgan fingerprint density at radius 2 is 1.78 bits per heavy atom. The SMILES string of the molecule is CCOc1ccc(N2C(=O)/C(=C/c3cc4c(cc3C)N(C(C)C)C(C)(C)C=C4C)C(=O)NC2=S)cc1. The van der Waals surface area contributed by atoms with Crippen LogP contribution in [0, 0.1) is 6.92 Å². The number of allylic oxidation sites excluding steroid dienone is 1. The second-order valence-electron chi connectivity index (χ2n) is 10.1. The number of carbonyl (C=O) groups excluding carboxylic acids is 2. The summed E-state index contributed by atoms with van der Waals surface area (Å²) in [6, 6.07) is 11.6. The Morgan fingerprint density at radius 1 is 1.11 bits per heavy atom. The van der Waals surface area contributed by atoms with E-state index in [2.05, 4.69) is 63.0 Å². The third kappa shape index (κ3) is 4.55. The van der Waals surface area contributed by atoms with E-state index in [1.165, 1.54) is 10.5 Å². The van der Waals surface area contributed by atoms with Crippen LogP contribution in [0.2, 0.25) is 0 Å². The van der Waals surface area contributed by atoms with Crippen molar-refractivity contribution in [1.29, 1.82) is 0 Å². The van der Waals surface area contributed by atoms with E-state index in [1.807, 2.05) is 13.8 Å². The number of hydrogen-bond donors (Lipinski definition) is 1. The van der Waals surface area contributed by atoms with Crippen LogP contribution < -0.4 is 19.9 Å². The first kappa shape index (κ1) is 25.6. The molecule has 0 aromatic heterocycles. The highest BCUT2D eigenvalue weighted by Crippen LogP contribution is 2.42. The van der Waals surface area contributed by atoms with E-state index >= 15 is 0 Å². The van der Waals surface area contributed by atoms with Gasteiger partial charge in [0.1, 0.15) is 11.3 Å². The molecule has 2 heterocycles. The van der Waals surface area contributed by atoms with Gasteiger partial charge in [0.2, 0.25) is 0 Å². The monoisotopic (exact) mass is 503 g/mol. The largest absolute Gasteiger partial charge is 0.494 e. The maximum atomic E-state index is 13.5. The number of nitrogens with zero attached hydrogens (tertiary/aromatic N) is 2. The quantitative estimate of drug-likeness (QED) is 0.325. The topological polar surface area (TPSA) is 61.9 Å². The van der Waals surface area contributed by atoms with E-state index in [4.69, 9.17) is 17.0 Å². The molecular weight excluding hydrogens is 470 g/mol. The third-order valence-corrected chi connectivity index (χ3v) is 6.87. The minimum atomic E-state index is -0.499. The van der Waals surface area contributed by atoms with Crippen LogP contribution in [0.15, 0.2) is 48.0 Å². The molecule has 36 heavy (non-hydrogen) atoms. The lowest BCUT2D eigenvalue weighted by Gasteiger charge is -2.46. The van der Waals surface area contributed by atoms with Crippen molar-refractivity contribution in [1.82, 2.24) is 5.32 Å². The molecule has 1 N–H and O–H groups in total. The smallest absolute Gasteiger partial charge is 0.270 e. The Hall–Kier alpha value is -3.45. The summed E-state index contributed by atoms with van der Waals surface area (Å²) in [5, 5.41) is 2.73. The lowest BCUT2D eigenvalue weighted by Crippen LogP contribution is -2.54. The van der Waals surface area contributed by atoms with Gasteiger partial charge in [-0.15, -0.1) is 0 Å². The van der Waals surface area contributed by atoms with Crippen molar-refractivity contribution in [2.75, 3.05) is 16.4 Å². The van der Waals surface area contributed by atoms with E-state index in [1.54, 1.807) is 30.3 Å². The number of anilines is 2. The molecule has 6 nitrogen and oxygen atoms in total. The molecule has 0 saturated carbocycles. The van der Waals surface area contributed by atoms with Gasteiger partial charge in [-0.1, -0.05) is 6.08 Å². The molecule has 0 unspecified atom stereocenters. The summed E-state index contributed by atoms with van der Waals surface area (Å²) in [5.41, 5.74) is 5.72. The van der Waals surface area contributed by atoms with Crippen LogP contribution in [-0.4, -0.2) is 35.1 Å².